The first kappa shape index (κ1) is 11.0. The Bertz CT molecular complexity index is 376. The molecule has 1 aliphatic heterocycles. The Kier molecular flexibility index (Phi) is 3.16. The third-order valence-corrected chi connectivity index (χ3v) is 2.67. The predicted octanol–water partition coefficient (Wildman–Crippen LogP) is -1.05. The standard InChI is InChI=1S/C9H16N6O/c1-14-8(12-6-13-14)5-15-2-3-16-7(4-15)9(10)11/h6-7H,2-5H2,1H3,(H3,10,11). The molecule has 0 bridgehead atoms. The van der Waals surface area contributed by atoms with Gasteiger partial charge in [-0.15, -0.1) is 0 Å². The molecule has 0 amide bonds. The minimum absolute atomic E-state index is 0.0858. The largest absolute Gasteiger partial charge is 0.385 e. The lowest BCUT2D eigenvalue weighted by Gasteiger charge is -2.31. The Morgan fingerprint density at radius 3 is 3.19 bits per heavy atom. The van der Waals surface area contributed by atoms with Crippen LogP contribution in [0, 0.1) is 5.41 Å². The number of morpholine rings is 1. The first-order valence-electron chi connectivity index (χ1n) is 5.17. The predicted molar refractivity (Wildman–Crippen MR) is 57.9 cm³/mol. The molecule has 0 saturated carbocycles. The van der Waals surface area contributed by atoms with Gasteiger partial charge in [0.05, 0.1) is 13.2 Å². The van der Waals surface area contributed by atoms with E-state index in [1.54, 1.807) is 4.68 Å². The van der Waals surface area contributed by atoms with E-state index in [-0.39, 0.29) is 11.9 Å². The molecule has 1 atom stereocenters. The Balaban J connectivity index is 1.95. The van der Waals surface area contributed by atoms with E-state index < -0.39 is 0 Å². The van der Waals surface area contributed by atoms with E-state index >= 15 is 0 Å². The molecule has 2 rings (SSSR count). The van der Waals surface area contributed by atoms with E-state index in [0.29, 0.717) is 19.7 Å². The fourth-order valence-electron chi connectivity index (χ4n) is 1.70. The highest BCUT2D eigenvalue weighted by Crippen LogP contribution is 2.08. The van der Waals surface area contributed by atoms with Gasteiger partial charge >= 0.3 is 0 Å². The summed E-state index contributed by atoms with van der Waals surface area (Å²) < 4.78 is 7.13. The lowest BCUT2D eigenvalue weighted by atomic mass is 10.2. The van der Waals surface area contributed by atoms with Crippen LogP contribution >= 0.6 is 0 Å². The average molecular weight is 224 g/mol. The number of nitrogens with two attached hydrogens (primary N) is 1. The highest BCUT2D eigenvalue weighted by molar-refractivity contribution is 5.82. The molecule has 0 aromatic carbocycles. The third kappa shape index (κ3) is 2.37. The van der Waals surface area contributed by atoms with Crippen molar-refractivity contribution in [3.8, 4) is 0 Å². The van der Waals surface area contributed by atoms with Crippen molar-refractivity contribution >= 4 is 5.84 Å². The summed E-state index contributed by atoms with van der Waals surface area (Å²) in [4.78, 5) is 6.33. The van der Waals surface area contributed by atoms with Crippen molar-refractivity contribution in [1.29, 1.82) is 5.41 Å². The van der Waals surface area contributed by atoms with E-state index in [4.69, 9.17) is 15.9 Å². The van der Waals surface area contributed by atoms with Crippen LogP contribution in [-0.4, -0.2) is 51.3 Å². The fraction of sp³-hybridized carbons (Fsp3) is 0.667. The Labute approximate surface area is 93.7 Å². The topological polar surface area (TPSA) is 93.0 Å². The van der Waals surface area contributed by atoms with Crippen molar-refractivity contribution < 1.29 is 4.74 Å². The summed E-state index contributed by atoms with van der Waals surface area (Å²) in [6, 6.07) is 0. The fourth-order valence-corrected chi connectivity index (χ4v) is 1.70. The quantitative estimate of drug-likeness (QED) is 0.505. The van der Waals surface area contributed by atoms with Crippen LogP contribution < -0.4 is 5.73 Å². The van der Waals surface area contributed by atoms with Gasteiger partial charge in [-0.05, 0) is 0 Å². The summed E-state index contributed by atoms with van der Waals surface area (Å²) in [7, 11) is 1.87. The number of rotatable bonds is 3. The molecule has 1 fully saturated rings. The van der Waals surface area contributed by atoms with Gasteiger partial charge in [0.2, 0.25) is 0 Å². The van der Waals surface area contributed by atoms with Crippen LogP contribution in [0.3, 0.4) is 0 Å². The SMILES string of the molecule is Cn1ncnc1CN1CCOC(C(=N)N)C1. The molecule has 1 saturated heterocycles. The van der Waals surface area contributed by atoms with Gasteiger partial charge in [0, 0.05) is 20.1 Å². The summed E-state index contributed by atoms with van der Waals surface area (Å²) in [5.41, 5.74) is 5.43. The summed E-state index contributed by atoms with van der Waals surface area (Å²) in [5, 5.41) is 11.4. The molecule has 0 radical (unpaired) electrons. The summed E-state index contributed by atoms with van der Waals surface area (Å²) >= 11 is 0. The van der Waals surface area contributed by atoms with Gasteiger partial charge in [0.25, 0.3) is 0 Å². The second kappa shape index (κ2) is 4.58. The van der Waals surface area contributed by atoms with Crippen molar-refractivity contribution in [3.05, 3.63) is 12.2 Å². The highest BCUT2D eigenvalue weighted by atomic mass is 16.5. The molecule has 1 aromatic heterocycles. The van der Waals surface area contributed by atoms with Gasteiger partial charge in [-0.1, -0.05) is 0 Å². The maximum absolute atomic E-state index is 7.36. The smallest absolute Gasteiger partial charge is 0.140 e. The highest BCUT2D eigenvalue weighted by Gasteiger charge is 2.23. The van der Waals surface area contributed by atoms with Crippen LogP contribution in [0.5, 0.6) is 0 Å². The monoisotopic (exact) mass is 224 g/mol. The molecular weight excluding hydrogens is 208 g/mol. The zero-order chi connectivity index (χ0) is 11.5. The molecular formula is C9H16N6O. The van der Waals surface area contributed by atoms with Gasteiger partial charge in [-0.3, -0.25) is 15.0 Å². The van der Waals surface area contributed by atoms with Crippen LogP contribution in [0.25, 0.3) is 0 Å². The molecule has 7 heteroatoms. The third-order valence-electron chi connectivity index (χ3n) is 2.67. The second-order valence-corrected chi connectivity index (χ2v) is 3.85. The van der Waals surface area contributed by atoms with E-state index in [0.717, 1.165) is 12.4 Å². The van der Waals surface area contributed by atoms with E-state index in [9.17, 15) is 0 Å². The maximum Gasteiger partial charge on any atom is 0.140 e. The molecule has 2 heterocycles. The van der Waals surface area contributed by atoms with Crippen molar-refractivity contribution in [1.82, 2.24) is 19.7 Å². The lowest BCUT2D eigenvalue weighted by molar-refractivity contribution is 0.00106. The molecule has 88 valence electrons. The Morgan fingerprint density at radius 2 is 2.56 bits per heavy atom. The van der Waals surface area contributed by atoms with Crippen LogP contribution in [0.2, 0.25) is 0 Å². The van der Waals surface area contributed by atoms with Gasteiger partial charge in [0.1, 0.15) is 24.1 Å². The molecule has 0 aliphatic carbocycles. The number of aryl methyl sites for hydroxylation is 1. The number of amidine groups is 1. The first-order chi connectivity index (χ1) is 7.66. The number of hydrogen-bond acceptors (Lipinski definition) is 5. The van der Waals surface area contributed by atoms with Crippen LogP contribution in [0.4, 0.5) is 0 Å². The van der Waals surface area contributed by atoms with Crippen LogP contribution in [0.15, 0.2) is 6.33 Å². The van der Waals surface area contributed by atoms with Gasteiger partial charge in [0.15, 0.2) is 0 Å². The molecule has 1 aromatic rings. The van der Waals surface area contributed by atoms with E-state index in [1.165, 1.54) is 6.33 Å². The Morgan fingerprint density at radius 1 is 1.75 bits per heavy atom. The minimum atomic E-state index is -0.290. The van der Waals surface area contributed by atoms with Crippen molar-refractivity contribution in [2.45, 2.75) is 12.6 Å². The number of ether oxygens (including phenoxy) is 1. The van der Waals surface area contributed by atoms with Crippen molar-refractivity contribution in [2.75, 3.05) is 19.7 Å². The summed E-state index contributed by atoms with van der Waals surface area (Å²) in [6.45, 7) is 2.78. The first-order valence-corrected chi connectivity index (χ1v) is 5.17. The van der Waals surface area contributed by atoms with Gasteiger partial charge in [-0.2, -0.15) is 5.10 Å². The number of hydrogen-bond donors (Lipinski definition) is 2. The molecule has 16 heavy (non-hydrogen) atoms. The Hall–Kier alpha value is -1.47. The summed E-state index contributed by atoms with van der Waals surface area (Å²) in [5.74, 6) is 0.992. The number of nitrogens with zero attached hydrogens (tertiary/aromatic N) is 4. The lowest BCUT2D eigenvalue weighted by Crippen LogP contribution is -2.47. The van der Waals surface area contributed by atoms with Crippen LogP contribution in [-0.2, 0) is 18.3 Å². The second-order valence-electron chi connectivity index (χ2n) is 3.85. The van der Waals surface area contributed by atoms with Crippen LogP contribution in [0.1, 0.15) is 5.82 Å². The molecule has 3 N–H and O–H groups in total. The average Bonchev–Trinajstić information content (AvgIpc) is 2.65. The zero-order valence-electron chi connectivity index (χ0n) is 9.26. The molecule has 1 aliphatic rings. The number of nitrogens with one attached hydrogen (secondary N) is 1. The molecule has 0 spiro atoms. The minimum Gasteiger partial charge on any atom is -0.385 e. The van der Waals surface area contributed by atoms with E-state index in [2.05, 4.69) is 15.0 Å². The number of aromatic nitrogens is 3. The van der Waals surface area contributed by atoms with Gasteiger partial charge < -0.3 is 10.5 Å². The normalized spacial score (nSPS) is 22.2. The van der Waals surface area contributed by atoms with Gasteiger partial charge in [-0.25, -0.2) is 4.98 Å². The van der Waals surface area contributed by atoms with E-state index in [1.807, 2.05) is 7.05 Å². The molecule has 1 unspecified atom stereocenters. The summed E-state index contributed by atoms with van der Waals surface area (Å²) in [6.07, 6.45) is 1.25. The maximum atomic E-state index is 7.36. The molecule has 7 nitrogen and oxygen atoms in total. The van der Waals surface area contributed by atoms with Crippen molar-refractivity contribution in [2.24, 2.45) is 12.8 Å². The zero-order valence-corrected chi connectivity index (χ0v) is 9.26. The van der Waals surface area contributed by atoms with Crippen molar-refractivity contribution in [3.63, 3.8) is 0 Å².